The van der Waals surface area contributed by atoms with Crippen LogP contribution in [0.1, 0.15) is 1.43 Å². The van der Waals surface area contributed by atoms with Gasteiger partial charge in [-0.05, 0) is 24.3 Å². The molecular weight excluding hydrogens is 399 g/mol. The summed E-state index contributed by atoms with van der Waals surface area (Å²) in [6.07, 6.45) is 0. The van der Waals surface area contributed by atoms with Crippen molar-refractivity contribution < 1.29 is 91.7 Å². The van der Waals surface area contributed by atoms with Crippen LogP contribution in [0, 0.1) is 0 Å². The Kier molecular flexibility index (Phi) is 6.20. The fourth-order valence-corrected chi connectivity index (χ4v) is 3.77. The standard InChI is InChI=1S/C10H8O9S3.K.H/c11-20(12,13)6-1-2-7-8(5-6)10(22(17,18)19)4-3-9(7)21(14,15)16;;/h1-5H,(H,11,12,13)(H,14,15,16)(H,17,18,19);;/q;+1;-1. The van der Waals surface area contributed by atoms with Gasteiger partial charge in [-0.3, -0.25) is 13.7 Å². The Labute approximate surface area is 175 Å². The van der Waals surface area contributed by atoms with Gasteiger partial charge in [-0.15, -0.1) is 0 Å². The van der Waals surface area contributed by atoms with E-state index in [1.54, 1.807) is 0 Å². The quantitative estimate of drug-likeness (QED) is 0.374. The zero-order valence-corrected chi connectivity index (χ0v) is 17.0. The van der Waals surface area contributed by atoms with E-state index in [0.29, 0.717) is 12.1 Å². The molecule has 2 aromatic carbocycles. The van der Waals surface area contributed by atoms with Gasteiger partial charge in [0.1, 0.15) is 9.79 Å². The zero-order chi connectivity index (χ0) is 16.9. The molecule has 0 aromatic heterocycles. The molecule has 0 fully saturated rings. The molecule has 0 aliphatic rings. The van der Waals surface area contributed by atoms with Gasteiger partial charge in [-0.2, -0.15) is 25.3 Å². The van der Waals surface area contributed by atoms with Gasteiger partial charge in [-0.1, -0.05) is 6.07 Å². The van der Waals surface area contributed by atoms with E-state index < -0.39 is 50.4 Å². The minimum Gasteiger partial charge on any atom is -1.00 e. The van der Waals surface area contributed by atoms with Crippen molar-refractivity contribution in [1.29, 1.82) is 0 Å². The predicted octanol–water partition coefficient (Wildman–Crippen LogP) is -2.30. The molecule has 13 heteroatoms. The van der Waals surface area contributed by atoms with E-state index in [1.165, 1.54) is 0 Å². The molecule has 0 aliphatic carbocycles. The van der Waals surface area contributed by atoms with E-state index in [2.05, 4.69) is 0 Å². The minimum atomic E-state index is -4.81. The molecule has 0 saturated carbocycles. The Balaban J connectivity index is 0.00000264. The number of fused-ring (bicyclic) bond motifs is 1. The first-order valence-corrected chi connectivity index (χ1v) is 9.63. The van der Waals surface area contributed by atoms with Crippen LogP contribution < -0.4 is 51.4 Å². The summed E-state index contributed by atoms with van der Waals surface area (Å²) in [5.74, 6) is 0. The summed E-state index contributed by atoms with van der Waals surface area (Å²) in [6, 6.07) is 3.81. The number of rotatable bonds is 3. The Bertz CT molecular complexity index is 1090. The first kappa shape index (κ1) is 21.1. The third-order valence-electron chi connectivity index (χ3n) is 2.76. The van der Waals surface area contributed by atoms with E-state index in [-0.39, 0.29) is 58.2 Å². The molecule has 23 heavy (non-hydrogen) atoms. The summed E-state index contributed by atoms with van der Waals surface area (Å²) in [5, 5.41) is -0.835. The second-order valence-corrected chi connectivity index (χ2v) is 8.40. The van der Waals surface area contributed by atoms with Gasteiger partial charge in [0.25, 0.3) is 30.4 Å². The second-order valence-electron chi connectivity index (χ2n) is 4.19. The van der Waals surface area contributed by atoms with E-state index >= 15 is 0 Å². The van der Waals surface area contributed by atoms with Crippen molar-refractivity contribution in [2.75, 3.05) is 0 Å². The van der Waals surface area contributed by atoms with Crippen molar-refractivity contribution in [2.45, 2.75) is 14.7 Å². The fraction of sp³-hybridized carbons (Fsp3) is 0. The van der Waals surface area contributed by atoms with Crippen molar-refractivity contribution >= 4 is 41.1 Å². The Morgan fingerprint density at radius 1 is 0.652 bits per heavy atom. The third-order valence-corrected chi connectivity index (χ3v) is 5.43. The van der Waals surface area contributed by atoms with Gasteiger partial charge in [0.05, 0.1) is 4.90 Å². The topological polar surface area (TPSA) is 163 Å². The van der Waals surface area contributed by atoms with Crippen LogP contribution in [0.4, 0.5) is 0 Å². The molecule has 0 radical (unpaired) electrons. The maximum Gasteiger partial charge on any atom is 1.00 e. The molecule has 9 nitrogen and oxygen atoms in total. The molecule has 0 atom stereocenters. The first-order valence-electron chi connectivity index (χ1n) is 5.31. The zero-order valence-electron chi connectivity index (χ0n) is 12.4. The van der Waals surface area contributed by atoms with Crippen LogP contribution in [-0.4, -0.2) is 38.9 Å². The van der Waals surface area contributed by atoms with Crippen molar-refractivity contribution in [3.05, 3.63) is 30.3 Å². The average molecular weight is 408 g/mol. The molecule has 2 rings (SSSR count). The van der Waals surface area contributed by atoms with Gasteiger partial charge in [-0.25, -0.2) is 0 Å². The van der Waals surface area contributed by atoms with Crippen molar-refractivity contribution in [2.24, 2.45) is 0 Å². The molecule has 0 unspecified atom stereocenters. The van der Waals surface area contributed by atoms with Crippen LogP contribution >= 0.6 is 0 Å². The maximum absolute atomic E-state index is 11.3. The van der Waals surface area contributed by atoms with E-state index in [9.17, 15) is 25.3 Å². The molecule has 0 aliphatic heterocycles. The van der Waals surface area contributed by atoms with Crippen LogP contribution in [0.15, 0.2) is 45.0 Å². The number of hydrogen-bond acceptors (Lipinski definition) is 6. The first-order chi connectivity index (χ1) is 9.82. The van der Waals surface area contributed by atoms with Crippen molar-refractivity contribution in [1.82, 2.24) is 0 Å². The Morgan fingerprint density at radius 2 is 1.09 bits per heavy atom. The molecule has 0 saturated heterocycles. The minimum absolute atomic E-state index is 0. The maximum atomic E-state index is 11.3. The summed E-state index contributed by atoms with van der Waals surface area (Å²) < 4.78 is 94.5. The molecule has 122 valence electrons. The molecule has 0 spiro atoms. The SMILES string of the molecule is O=S(=O)(O)c1ccc2c(S(=O)(=O)O)ccc(S(=O)(=O)O)c2c1.[H-].[K+]. The summed E-state index contributed by atoms with van der Waals surface area (Å²) in [6.45, 7) is 0. The van der Waals surface area contributed by atoms with Crippen LogP contribution in [0.3, 0.4) is 0 Å². The normalized spacial score (nSPS) is 12.8. The van der Waals surface area contributed by atoms with Gasteiger partial charge in [0.2, 0.25) is 0 Å². The summed E-state index contributed by atoms with van der Waals surface area (Å²) in [5.41, 5.74) is 0. The summed E-state index contributed by atoms with van der Waals surface area (Å²) >= 11 is 0. The predicted molar refractivity (Wildman–Crippen MR) is 74.5 cm³/mol. The average Bonchev–Trinajstić information content (AvgIpc) is 2.33. The van der Waals surface area contributed by atoms with Crippen LogP contribution in [0.5, 0.6) is 0 Å². The van der Waals surface area contributed by atoms with Crippen molar-refractivity contribution in [3.63, 3.8) is 0 Å². The number of benzene rings is 2. The smallest absolute Gasteiger partial charge is 1.00 e. The molecule has 0 heterocycles. The number of hydrogen-bond donors (Lipinski definition) is 3. The fourth-order valence-electron chi connectivity index (χ4n) is 1.88. The van der Waals surface area contributed by atoms with E-state index in [1.807, 2.05) is 0 Å². The molecule has 0 bridgehead atoms. The monoisotopic (exact) mass is 408 g/mol. The summed E-state index contributed by atoms with van der Waals surface area (Å²) in [7, 11) is -14.2. The second kappa shape index (κ2) is 6.76. The van der Waals surface area contributed by atoms with Gasteiger partial charge in [0, 0.05) is 10.8 Å². The Morgan fingerprint density at radius 3 is 1.48 bits per heavy atom. The molecular formula is C10H9KO9S3. The molecule has 2 aromatic rings. The van der Waals surface area contributed by atoms with E-state index in [0.717, 1.165) is 18.2 Å². The molecule has 0 amide bonds. The third kappa shape index (κ3) is 4.58. The van der Waals surface area contributed by atoms with Crippen LogP contribution in [0.25, 0.3) is 10.8 Å². The molecule has 3 N–H and O–H groups in total. The van der Waals surface area contributed by atoms with Gasteiger partial charge in [0.15, 0.2) is 0 Å². The summed E-state index contributed by atoms with van der Waals surface area (Å²) in [4.78, 5) is -2.17. The van der Waals surface area contributed by atoms with E-state index in [4.69, 9.17) is 13.7 Å². The largest absolute Gasteiger partial charge is 1.00 e. The van der Waals surface area contributed by atoms with Gasteiger partial charge >= 0.3 is 51.4 Å². The van der Waals surface area contributed by atoms with Crippen LogP contribution in [0.2, 0.25) is 0 Å². The van der Waals surface area contributed by atoms with Gasteiger partial charge < -0.3 is 1.43 Å². The van der Waals surface area contributed by atoms with Crippen LogP contribution in [-0.2, 0) is 30.4 Å². The van der Waals surface area contributed by atoms with Crippen molar-refractivity contribution in [3.8, 4) is 0 Å². The Hall–Kier alpha value is 0.0664.